The molecule has 0 bridgehead atoms. The maximum absolute atomic E-state index is 10.1. The van der Waals surface area contributed by atoms with Crippen LogP contribution < -0.4 is 4.74 Å². The number of hydrogen-bond donors (Lipinski definition) is 1. The molecule has 0 spiro atoms. The molecule has 0 fully saturated rings. The van der Waals surface area contributed by atoms with Gasteiger partial charge in [-0.2, -0.15) is 0 Å². The van der Waals surface area contributed by atoms with Crippen molar-refractivity contribution < 1.29 is 9.84 Å². The van der Waals surface area contributed by atoms with Crippen LogP contribution in [0.5, 0.6) is 5.75 Å². The highest BCUT2D eigenvalue weighted by molar-refractivity contribution is 9.10. The molecule has 2 aromatic rings. The Kier molecular flexibility index (Phi) is 5.00. The van der Waals surface area contributed by atoms with Gasteiger partial charge in [-0.1, -0.05) is 40.2 Å². The molecule has 0 aliphatic heterocycles. The van der Waals surface area contributed by atoms with E-state index in [9.17, 15) is 5.11 Å². The van der Waals surface area contributed by atoms with E-state index in [1.165, 1.54) is 0 Å². The Balaban J connectivity index is 1.92. The highest BCUT2D eigenvalue weighted by atomic mass is 79.9. The Labute approximate surface area is 122 Å². The molecule has 0 amide bonds. The van der Waals surface area contributed by atoms with Gasteiger partial charge >= 0.3 is 0 Å². The lowest BCUT2D eigenvalue weighted by Gasteiger charge is -2.11. The fourth-order valence-electron chi connectivity index (χ4n) is 2.00. The molecule has 0 radical (unpaired) electrons. The summed E-state index contributed by atoms with van der Waals surface area (Å²) in [5.74, 6) is 0.839. The van der Waals surface area contributed by atoms with Gasteiger partial charge in [-0.15, -0.1) is 0 Å². The molecule has 2 rings (SSSR count). The van der Waals surface area contributed by atoms with Gasteiger partial charge in [0.1, 0.15) is 5.75 Å². The smallest absolute Gasteiger partial charge is 0.118 e. The molecule has 1 atom stereocenters. The molecule has 1 N–H and O–H groups in total. The average molecular weight is 321 g/mol. The molecular formula is C16H17BrO2. The normalized spacial score (nSPS) is 12.2. The zero-order chi connectivity index (χ0) is 13.7. The first kappa shape index (κ1) is 14.1. The van der Waals surface area contributed by atoms with Gasteiger partial charge in [-0.3, -0.25) is 0 Å². The first-order valence-electron chi connectivity index (χ1n) is 6.23. The van der Waals surface area contributed by atoms with Gasteiger partial charge in [0.05, 0.1) is 13.2 Å². The first-order valence-corrected chi connectivity index (χ1v) is 7.02. The number of aliphatic hydroxyl groups excluding tert-OH is 1. The summed E-state index contributed by atoms with van der Waals surface area (Å²) in [6.07, 6.45) is 0.953. The molecule has 3 heteroatoms. The lowest BCUT2D eigenvalue weighted by molar-refractivity contribution is 0.175. The Hall–Kier alpha value is -1.32. The predicted octanol–water partition coefficient (Wildman–Crippen LogP) is 3.60. The van der Waals surface area contributed by atoms with E-state index >= 15 is 0 Å². The minimum absolute atomic E-state index is 0.366. The van der Waals surface area contributed by atoms with E-state index in [4.69, 9.17) is 4.74 Å². The van der Waals surface area contributed by atoms with Crippen LogP contribution >= 0.6 is 15.9 Å². The number of aliphatic hydroxyl groups is 1. The van der Waals surface area contributed by atoms with E-state index in [0.717, 1.165) is 21.3 Å². The summed E-state index contributed by atoms with van der Waals surface area (Å²) in [4.78, 5) is 0. The molecule has 2 nitrogen and oxygen atoms in total. The SMILES string of the molecule is COc1ccc(CC(O)Cc2ccc(Br)cc2)cc1. The summed E-state index contributed by atoms with van der Waals surface area (Å²) < 4.78 is 6.17. The number of hydrogen-bond acceptors (Lipinski definition) is 2. The van der Waals surface area contributed by atoms with E-state index in [1.807, 2.05) is 48.5 Å². The lowest BCUT2D eigenvalue weighted by Crippen LogP contribution is -2.13. The van der Waals surface area contributed by atoms with Crippen molar-refractivity contribution in [3.8, 4) is 5.75 Å². The van der Waals surface area contributed by atoms with Gasteiger partial charge in [0.25, 0.3) is 0 Å². The van der Waals surface area contributed by atoms with Crippen molar-refractivity contribution in [1.29, 1.82) is 0 Å². The average Bonchev–Trinajstić information content (AvgIpc) is 2.42. The topological polar surface area (TPSA) is 29.5 Å². The summed E-state index contributed by atoms with van der Waals surface area (Å²) in [6.45, 7) is 0. The molecule has 100 valence electrons. The summed E-state index contributed by atoms with van der Waals surface area (Å²) >= 11 is 3.40. The second-order valence-corrected chi connectivity index (χ2v) is 5.45. The molecule has 0 aliphatic carbocycles. The Morgan fingerprint density at radius 2 is 1.42 bits per heavy atom. The van der Waals surface area contributed by atoms with Crippen LogP contribution in [-0.4, -0.2) is 18.3 Å². The number of rotatable bonds is 5. The number of halogens is 1. The third-order valence-electron chi connectivity index (χ3n) is 3.01. The van der Waals surface area contributed by atoms with Crippen LogP contribution in [0.25, 0.3) is 0 Å². The molecule has 0 aromatic heterocycles. The lowest BCUT2D eigenvalue weighted by atomic mass is 10.0. The minimum atomic E-state index is -0.366. The molecular weight excluding hydrogens is 304 g/mol. The Morgan fingerprint density at radius 3 is 1.89 bits per heavy atom. The maximum atomic E-state index is 10.1. The van der Waals surface area contributed by atoms with Crippen molar-refractivity contribution in [2.75, 3.05) is 7.11 Å². The Bertz CT molecular complexity index is 505. The summed E-state index contributed by atoms with van der Waals surface area (Å²) in [6, 6.07) is 15.9. The van der Waals surface area contributed by atoms with Crippen LogP contribution in [0.3, 0.4) is 0 Å². The number of ether oxygens (including phenoxy) is 1. The van der Waals surface area contributed by atoms with Crippen LogP contribution in [0.15, 0.2) is 53.0 Å². The zero-order valence-electron chi connectivity index (χ0n) is 10.8. The number of methoxy groups -OCH3 is 1. The van der Waals surface area contributed by atoms with Crippen molar-refractivity contribution in [1.82, 2.24) is 0 Å². The molecule has 0 saturated heterocycles. The second-order valence-electron chi connectivity index (χ2n) is 4.54. The molecule has 1 unspecified atom stereocenters. The summed E-state index contributed by atoms with van der Waals surface area (Å²) in [5.41, 5.74) is 2.26. The third kappa shape index (κ3) is 4.37. The third-order valence-corrected chi connectivity index (χ3v) is 3.54. The van der Waals surface area contributed by atoms with E-state index < -0.39 is 0 Å². The largest absolute Gasteiger partial charge is 0.497 e. The van der Waals surface area contributed by atoms with Gasteiger partial charge in [-0.25, -0.2) is 0 Å². The van der Waals surface area contributed by atoms with Crippen molar-refractivity contribution in [3.05, 3.63) is 64.1 Å². The van der Waals surface area contributed by atoms with Crippen molar-refractivity contribution in [3.63, 3.8) is 0 Å². The maximum Gasteiger partial charge on any atom is 0.118 e. The zero-order valence-corrected chi connectivity index (χ0v) is 12.4. The fraction of sp³-hybridized carbons (Fsp3) is 0.250. The van der Waals surface area contributed by atoms with Crippen LogP contribution in [-0.2, 0) is 12.8 Å². The predicted molar refractivity (Wildman–Crippen MR) is 80.6 cm³/mol. The van der Waals surface area contributed by atoms with E-state index in [-0.39, 0.29) is 6.10 Å². The molecule has 2 aromatic carbocycles. The highest BCUT2D eigenvalue weighted by Crippen LogP contribution is 2.15. The van der Waals surface area contributed by atoms with Gasteiger partial charge in [0, 0.05) is 4.47 Å². The van der Waals surface area contributed by atoms with E-state index in [2.05, 4.69) is 15.9 Å². The highest BCUT2D eigenvalue weighted by Gasteiger charge is 2.07. The van der Waals surface area contributed by atoms with Gasteiger partial charge in [0.2, 0.25) is 0 Å². The van der Waals surface area contributed by atoms with Crippen LogP contribution in [0.4, 0.5) is 0 Å². The minimum Gasteiger partial charge on any atom is -0.497 e. The molecule has 0 saturated carbocycles. The molecule has 0 heterocycles. The second kappa shape index (κ2) is 6.73. The summed E-state index contributed by atoms with van der Waals surface area (Å²) in [5, 5.41) is 10.1. The van der Waals surface area contributed by atoms with Crippen molar-refractivity contribution in [2.45, 2.75) is 18.9 Å². The quantitative estimate of drug-likeness (QED) is 0.912. The van der Waals surface area contributed by atoms with Gasteiger partial charge in [-0.05, 0) is 48.2 Å². The van der Waals surface area contributed by atoms with Gasteiger partial charge < -0.3 is 9.84 Å². The first-order chi connectivity index (χ1) is 9.17. The molecule has 0 aliphatic rings. The molecule has 19 heavy (non-hydrogen) atoms. The fourth-order valence-corrected chi connectivity index (χ4v) is 2.26. The van der Waals surface area contributed by atoms with Crippen LogP contribution in [0.1, 0.15) is 11.1 Å². The number of benzene rings is 2. The van der Waals surface area contributed by atoms with Crippen molar-refractivity contribution in [2.24, 2.45) is 0 Å². The monoisotopic (exact) mass is 320 g/mol. The Morgan fingerprint density at radius 1 is 0.947 bits per heavy atom. The summed E-state index contributed by atoms with van der Waals surface area (Å²) in [7, 11) is 1.65. The van der Waals surface area contributed by atoms with E-state index in [0.29, 0.717) is 12.8 Å². The van der Waals surface area contributed by atoms with Gasteiger partial charge in [0.15, 0.2) is 0 Å². The standard InChI is InChI=1S/C16H17BrO2/c1-19-16-8-4-13(5-9-16)11-15(18)10-12-2-6-14(17)7-3-12/h2-9,15,18H,10-11H2,1H3. The van der Waals surface area contributed by atoms with Crippen molar-refractivity contribution >= 4 is 15.9 Å². The van der Waals surface area contributed by atoms with Crippen LogP contribution in [0, 0.1) is 0 Å². The van der Waals surface area contributed by atoms with E-state index in [1.54, 1.807) is 7.11 Å². The van der Waals surface area contributed by atoms with Crippen LogP contribution in [0.2, 0.25) is 0 Å².